The quantitative estimate of drug-likeness (QED) is 0.691. The summed E-state index contributed by atoms with van der Waals surface area (Å²) < 4.78 is 5.42. The van der Waals surface area contributed by atoms with Gasteiger partial charge in [0.25, 0.3) is 5.91 Å². The van der Waals surface area contributed by atoms with Crippen molar-refractivity contribution in [2.24, 2.45) is 5.73 Å². The molecule has 0 saturated carbocycles. The van der Waals surface area contributed by atoms with Gasteiger partial charge in [-0.2, -0.15) is 0 Å². The molecule has 3 heteroatoms. The lowest BCUT2D eigenvalue weighted by molar-refractivity contribution is -0.125. The Balaban J connectivity index is 2.24. The predicted molar refractivity (Wildman–Crippen MR) is 48.4 cm³/mol. The van der Waals surface area contributed by atoms with Crippen molar-refractivity contribution in [3.8, 4) is 5.75 Å². The van der Waals surface area contributed by atoms with Crippen LogP contribution in [0.5, 0.6) is 5.75 Å². The molecule has 0 fully saturated rings. The van der Waals surface area contributed by atoms with Gasteiger partial charge in [-0.05, 0) is 24.5 Å². The number of hydrogen-bond acceptors (Lipinski definition) is 2. The van der Waals surface area contributed by atoms with Crippen LogP contribution in [0.1, 0.15) is 12.0 Å². The van der Waals surface area contributed by atoms with Gasteiger partial charge in [0.05, 0.1) is 0 Å². The number of primary amides is 1. The van der Waals surface area contributed by atoms with Gasteiger partial charge in [-0.3, -0.25) is 4.79 Å². The van der Waals surface area contributed by atoms with E-state index in [2.05, 4.69) is 0 Å². The molecule has 1 amide bonds. The molecule has 0 aliphatic carbocycles. The third-order valence-corrected chi connectivity index (χ3v) is 2.24. The Bertz CT molecular complexity index is 335. The minimum atomic E-state index is -0.449. The average molecular weight is 177 g/mol. The van der Waals surface area contributed by atoms with Gasteiger partial charge < -0.3 is 10.5 Å². The smallest absolute Gasteiger partial charge is 0.258 e. The normalized spacial score (nSPS) is 20.2. The van der Waals surface area contributed by atoms with E-state index in [4.69, 9.17) is 10.5 Å². The van der Waals surface area contributed by atoms with Crippen LogP contribution in [0.15, 0.2) is 24.3 Å². The fourth-order valence-electron chi connectivity index (χ4n) is 1.52. The summed E-state index contributed by atoms with van der Waals surface area (Å²) in [6.07, 6.45) is 1.10. The zero-order chi connectivity index (χ0) is 9.26. The monoisotopic (exact) mass is 177 g/mol. The molecule has 2 rings (SSSR count). The van der Waals surface area contributed by atoms with Crippen LogP contribution in [0, 0.1) is 0 Å². The second-order valence-electron chi connectivity index (χ2n) is 3.16. The lowest BCUT2D eigenvalue weighted by atomic mass is 10.0. The highest BCUT2D eigenvalue weighted by Gasteiger charge is 2.23. The summed E-state index contributed by atoms with van der Waals surface area (Å²) in [6.45, 7) is 0. The van der Waals surface area contributed by atoms with Crippen molar-refractivity contribution in [3.05, 3.63) is 29.8 Å². The summed E-state index contributed by atoms with van der Waals surface area (Å²) in [7, 11) is 0. The largest absolute Gasteiger partial charge is 0.480 e. The fourth-order valence-corrected chi connectivity index (χ4v) is 1.52. The topological polar surface area (TPSA) is 52.3 Å². The van der Waals surface area contributed by atoms with Gasteiger partial charge in [-0.1, -0.05) is 18.2 Å². The molecular formula is C10H11NO2. The number of fused-ring (bicyclic) bond motifs is 1. The Morgan fingerprint density at radius 2 is 2.23 bits per heavy atom. The van der Waals surface area contributed by atoms with Gasteiger partial charge in [0.15, 0.2) is 6.10 Å². The Labute approximate surface area is 76.5 Å². The molecule has 0 radical (unpaired) electrons. The number of carbonyl (C=O) groups excluding carboxylic acids is 1. The van der Waals surface area contributed by atoms with E-state index in [1.165, 1.54) is 0 Å². The average Bonchev–Trinajstić information content (AvgIpc) is 2.17. The van der Waals surface area contributed by atoms with Crippen molar-refractivity contribution < 1.29 is 9.53 Å². The van der Waals surface area contributed by atoms with Crippen molar-refractivity contribution in [1.82, 2.24) is 0 Å². The van der Waals surface area contributed by atoms with Crippen LogP contribution in [-0.2, 0) is 11.2 Å². The summed E-state index contributed by atoms with van der Waals surface area (Å²) in [5.74, 6) is 0.409. The van der Waals surface area contributed by atoms with Gasteiger partial charge in [0.2, 0.25) is 0 Å². The first-order chi connectivity index (χ1) is 6.27. The Hall–Kier alpha value is -1.51. The Morgan fingerprint density at radius 3 is 3.00 bits per heavy atom. The lowest BCUT2D eigenvalue weighted by Crippen LogP contribution is -2.36. The number of benzene rings is 1. The van der Waals surface area contributed by atoms with Crippen LogP contribution in [0.3, 0.4) is 0 Å². The van der Waals surface area contributed by atoms with Crippen LogP contribution in [0.2, 0.25) is 0 Å². The number of hydrogen-bond donors (Lipinski definition) is 1. The molecule has 0 unspecified atom stereocenters. The third-order valence-electron chi connectivity index (χ3n) is 2.24. The molecule has 3 nitrogen and oxygen atoms in total. The van der Waals surface area contributed by atoms with E-state index in [1.54, 1.807) is 0 Å². The van der Waals surface area contributed by atoms with Crippen LogP contribution in [0.4, 0.5) is 0 Å². The summed E-state index contributed by atoms with van der Waals surface area (Å²) in [5, 5.41) is 0. The van der Waals surface area contributed by atoms with E-state index in [1.807, 2.05) is 24.3 Å². The van der Waals surface area contributed by atoms with E-state index in [0.29, 0.717) is 6.42 Å². The molecule has 0 saturated heterocycles. The molecule has 2 N–H and O–H groups in total. The molecule has 0 spiro atoms. The summed E-state index contributed by atoms with van der Waals surface area (Å²) in [4.78, 5) is 10.9. The maximum absolute atomic E-state index is 10.9. The molecule has 0 aromatic heterocycles. The zero-order valence-corrected chi connectivity index (χ0v) is 7.19. The Kier molecular flexibility index (Phi) is 1.93. The molecule has 0 bridgehead atoms. The Morgan fingerprint density at radius 1 is 1.46 bits per heavy atom. The number of amides is 1. The molecule has 1 heterocycles. The van der Waals surface area contributed by atoms with Crippen LogP contribution < -0.4 is 10.5 Å². The third kappa shape index (κ3) is 1.49. The number of rotatable bonds is 1. The summed E-state index contributed by atoms with van der Waals surface area (Å²) in [6, 6.07) is 7.73. The molecule has 68 valence electrons. The number of nitrogens with two attached hydrogens (primary N) is 1. The van der Waals surface area contributed by atoms with Gasteiger partial charge in [-0.15, -0.1) is 0 Å². The van der Waals surface area contributed by atoms with E-state index < -0.39 is 6.10 Å². The van der Waals surface area contributed by atoms with Crippen molar-refractivity contribution in [2.45, 2.75) is 18.9 Å². The van der Waals surface area contributed by atoms with E-state index >= 15 is 0 Å². The first-order valence-corrected chi connectivity index (χ1v) is 4.31. The van der Waals surface area contributed by atoms with Gasteiger partial charge in [0.1, 0.15) is 5.75 Å². The summed E-state index contributed by atoms with van der Waals surface area (Å²) >= 11 is 0. The second-order valence-corrected chi connectivity index (χ2v) is 3.16. The molecule has 1 atom stereocenters. The SMILES string of the molecule is NC(=O)[C@@H]1CCc2ccccc2O1. The van der Waals surface area contributed by atoms with Crippen LogP contribution in [-0.4, -0.2) is 12.0 Å². The van der Waals surface area contributed by atoms with Crippen LogP contribution in [0.25, 0.3) is 0 Å². The fraction of sp³-hybridized carbons (Fsp3) is 0.300. The van der Waals surface area contributed by atoms with Gasteiger partial charge in [0, 0.05) is 0 Å². The number of para-hydroxylation sites is 1. The highest BCUT2D eigenvalue weighted by Crippen LogP contribution is 2.26. The van der Waals surface area contributed by atoms with Crippen molar-refractivity contribution in [1.29, 1.82) is 0 Å². The maximum atomic E-state index is 10.9. The highest BCUT2D eigenvalue weighted by atomic mass is 16.5. The lowest BCUT2D eigenvalue weighted by Gasteiger charge is -2.23. The highest BCUT2D eigenvalue weighted by molar-refractivity contribution is 5.79. The molecule has 13 heavy (non-hydrogen) atoms. The second kappa shape index (κ2) is 3.09. The van der Waals surface area contributed by atoms with Crippen molar-refractivity contribution in [2.75, 3.05) is 0 Å². The zero-order valence-electron chi connectivity index (χ0n) is 7.19. The van der Waals surface area contributed by atoms with E-state index in [-0.39, 0.29) is 5.91 Å². The van der Waals surface area contributed by atoms with Crippen molar-refractivity contribution >= 4 is 5.91 Å². The minimum absolute atomic E-state index is 0.380. The minimum Gasteiger partial charge on any atom is -0.480 e. The first-order valence-electron chi connectivity index (χ1n) is 4.31. The molecule has 1 aliphatic heterocycles. The molecule has 1 aliphatic rings. The van der Waals surface area contributed by atoms with Gasteiger partial charge in [-0.25, -0.2) is 0 Å². The first kappa shape index (κ1) is 8.10. The van der Waals surface area contributed by atoms with Crippen molar-refractivity contribution in [3.63, 3.8) is 0 Å². The standard InChI is InChI=1S/C10H11NO2/c11-10(12)9-6-5-7-3-1-2-4-8(7)13-9/h1-4,9H,5-6H2,(H2,11,12)/t9-/m0/s1. The number of aryl methyl sites for hydroxylation is 1. The number of carbonyl (C=O) groups is 1. The molecule has 1 aromatic carbocycles. The molecule has 1 aromatic rings. The van der Waals surface area contributed by atoms with Crippen LogP contribution >= 0.6 is 0 Å². The van der Waals surface area contributed by atoms with E-state index in [9.17, 15) is 4.79 Å². The summed E-state index contributed by atoms with van der Waals surface area (Å²) in [5.41, 5.74) is 6.31. The maximum Gasteiger partial charge on any atom is 0.258 e. The number of ether oxygens (including phenoxy) is 1. The van der Waals surface area contributed by atoms with E-state index in [0.717, 1.165) is 17.7 Å². The van der Waals surface area contributed by atoms with Gasteiger partial charge >= 0.3 is 0 Å². The molecular weight excluding hydrogens is 166 g/mol. The predicted octanol–water partition coefficient (Wildman–Crippen LogP) is 0.865.